The van der Waals surface area contributed by atoms with Crippen molar-refractivity contribution >= 4 is 29.3 Å². The van der Waals surface area contributed by atoms with Gasteiger partial charge in [0.05, 0.1) is 12.9 Å². The molecule has 41 heavy (non-hydrogen) atoms. The van der Waals surface area contributed by atoms with Crippen LogP contribution in [0.4, 0.5) is 5.69 Å². The molecule has 0 saturated heterocycles. The summed E-state index contributed by atoms with van der Waals surface area (Å²) in [6.45, 7) is 4.24. The van der Waals surface area contributed by atoms with Crippen LogP contribution >= 0.6 is 11.8 Å². The average Bonchev–Trinajstić information content (AvgIpc) is 3.44. The Morgan fingerprint density at radius 3 is 2.51 bits per heavy atom. The predicted octanol–water partition coefficient (Wildman–Crippen LogP) is 5.32. The number of amides is 2. The number of thioether (sulfide) groups is 1. The Bertz CT molecular complexity index is 1410. The molecule has 1 aliphatic heterocycles. The van der Waals surface area contributed by atoms with E-state index in [0.717, 1.165) is 35.5 Å². The summed E-state index contributed by atoms with van der Waals surface area (Å²) in [5.41, 5.74) is 3.18. The van der Waals surface area contributed by atoms with Gasteiger partial charge >= 0.3 is 0 Å². The summed E-state index contributed by atoms with van der Waals surface area (Å²) in [4.78, 5) is 38.7. The van der Waals surface area contributed by atoms with Crippen LogP contribution in [0.3, 0.4) is 0 Å². The van der Waals surface area contributed by atoms with E-state index in [0.29, 0.717) is 28.8 Å². The molecule has 2 atom stereocenters. The molecule has 1 N–H and O–H groups in total. The van der Waals surface area contributed by atoms with Crippen molar-refractivity contribution in [2.75, 3.05) is 25.0 Å². The number of carbonyl (C=O) groups is 2. The van der Waals surface area contributed by atoms with E-state index in [-0.39, 0.29) is 36.8 Å². The number of aromatic nitrogens is 2. The molecule has 3 aromatic rings. The highest BCUT2D eigenvalue weighted by Gasteiger charge is 2.37. The monoisotopic (exact) mass is 574 g/mol. The van der Waals surface area contributed by atoms with E-state index in [1.807, 2.05) is 44.2 Å². The third kappa shape index (κ3) is 7.18. The molecule has 2 heterocycles. The Kier molecular flexibility index (Phi) is 9.08. The van der Waals surface area contributed by atoms with Crippen molar-refractivity contribution in [1.29, 1.82) is 0 Å². The van der Waals surface area contributed by atoms with Gasteiger partial charge in [-0.05, 0) is 74.9 Å². The van der Waals surface area contributed by atoms with Gasteiger partial charge in [0.25, 0.3) is 0 Å². The number of nitrogens with one attached hydrogen (secondary N) is 1. The van der Waals surface area contributed by atoms with Gasteiger partial charge in [-0.1, -0.05) is 36.0 Å². The average molecular weight is 575 g/mol. The maximum atomic E-state index is 14.1. The summed E-state index contributed by atoms with van der Waals surface area (Å²) < 4.78 is 16.2. The molecular formula is C31H34N4O5S. The van der Waals surface area contributed by atoms with Gasteiger partial charge < -0.3 is 24.4 Å². The topological polar surface area (TPSA) is 103 Å². The second-order valence-corrected chi connectivity index (χ2v) is 11.1. The Morgan fingerprint density at radius 1 is 1.05 bits per heavy atom. The number of aryl methyl sites for hydroxylation is 2. The van der Waals surface area contributed by atoms with Crippen molar-refractivity contribution in [2.24, 2.45) is 5.92 Å². The first kappa shape index (κ1) is 28.5. The fraction of sp³-hybridized carbons (Fsp3) is 0.355. The zero-order chi connectivity index (χ0) is 28.8. The lowest BCUT2D eigenvalue weighted by Gasteiger charge is -2.37. The Morgan fingerprint density at radius 2 is 1.80 bits per heavy atom. The Labute approximate surface area is 244 Å². The molecule has 5 rings (SSSR count). The van der Waals surface area contributed by atoms with Crippen LogP contribution in [0, 0.1) is 19.8 Å². The van der Waals surface area contributed by atoms with Crippen molar-refractivity contribution in [3.05, 3.63) is 77.6 Å². The minimum absolute atomic E-state index is 0.0429. The van der Waals surface area contributed by atoms with Crippen molar-refractivity contribution < 1.29 is 23.8 Å². The van der Waals surface area contributed by atoms with E-state index >= 15 is 0 Å². The molecule has 2 amide bonds. The molecule has 0 radical (unpaired) electrons. The molecule has 0 fully saturated rings. The Hall–Kier alpha value is -4.05. The second-order valence-electron chi connectivity index (χ2n) is 10.1. The van der Waals surface area contributed by atoms with Gasteiger partial charge in [-0.25, -0.2) is 9.97 Å². The second kappa shape index (κ2) is 13.1. The number of ether oxygens (including phenoxy) is 3. The van der Waals surface area contributed by atoms with Crippen molar-refractivity contribution in [1.82, 2.24) is 14.9 Å². The fourth-order valence-electron chi connectivity index (χ4n) is 5.14. The van der Waals surface area contributed by atoms with Crippen LogP contribution in [0.15, 0.2) is 65.8 Å². The van der Waals surface area contributed by atoms with Gasteiger partial charge in [-0.2, -0.15) is 0 Å². The van der Waals surface area contributed by atoms with Crippen LogP contribution in [-0.4, -0.2) is 52.4 Å². The standard InChI is InChI=1S/C31H34N4O5S/c1-20-15-21(2)33-31(32-20)41-18-28(36)35(17-22-9-12-25(38-3)13-10-22)29(23-7-5-4-6-8-23)30(37)34-24-11-14-26-27(16-24)40-19-39-26/h4-5,9-16,23,29H,6-8,17-19H2,1-3H3,(H,34,37)/t23-,29+/m1/s1. The van der Waals surface area contributed by atoms with Gasteiger partial charge in [0.15, 0.2) is 16.7 Å². The number of benzene rings is 2. The number of carbonyl (C=O) groups excluding carboxylic acids is 2. The molecule has 1 aliphatic carbocycles. The smallest absolute Gasteiger partial charge is 0.247 e. The zero-order valence-corrected chi connectivity index (χ0v) is 24.3. The van der Waals surface area contributed by atoms with E-state index in [1.165, 1.54) is 11.8 Å². The highest BCUT2D eigenvalue weighted by atomic mass is 32.2. The highest BCUT2D eigenvalue weighted by Crippen LogP contribution is 2.35. The van der Waals surface area contributed by atoms with E-state index in [4.69, 9.17) is 14.2 Å². The maximum Gasteiger partial charge on any atom is 0.247 e. The largest absolute Gasteiger partial charge is 0.497 e. The molecule has 10 heteroatoms. The number of anilines is 1. The third-order valence-corrected chi connectivity index (χ3v) is 7.95. The number of hydrogen-bond acceptors (Lipinski definition) is 8. The number of methoxy groups -OCH3 is 1. The normalized spacial score (nSPS) is 16.2. The lowest BCUT2D eigenvalue weighted by molar-refractivity contribution is -0.139. The summed E-state index contributed by atoms with van der Waals surface area (Å²) in [6.07, 6.45) is 6.60. The fourth-order valence-corrected chi connectivity index (χ4v) is 5.98. The van der Waals surface area contributed by atoms with Crippen molar-refractivity contribution in [3.8, 4) is 17.2 Å². The first-order valence-corrected chi connectivity index (χ1v) is 14.6. The molecule has 0 bridgehead atoms. The minimum Gasteiger partial charge on any atom is -0.497 e. The number of fused-ring (bicyclic) bond motifs is 1. The predicted molar refractivity (Wildman–Crippen MR) is 157 cm³/mol. The number of allylic oxidation sites excluding steroid dienone is 2. The van der Waals surface area contributed by atoms with Crippen LogP contribution in [0.5, 0.6) is 17.2 Å². The molecule has 0 unspecified atom stereocenters. The summed E-state index contributed by atoms with van der Waals surface area (Å²) in [7, 11) is 1.62. The number of rotatable bonds is 10. The van der Waals surface area contributed by atoms with Crippen LogP contribution in [0.1, 0.15) is 36.2 Å². The molecular weight excluding hydrogens is 540 g/mol. The first-order valence-electron chi connectivity index (χ1n) is 13.6. The molecule has 2 aliphatic rings. The minimum atomic E-state index is -0.694. The molecule has 9 nitrogen and oxygen atoms in total. The molecule has 2 aromatic carbocycles. The lowest BCUT2D eigenvalue weighted by Crippen LogP contribution is -2.51. The molecule has 0 saturated carbocycles. The SMILES string of the molecule is COc1ccc(CN(C(=O)CSc2nc(C)cc(C)n2)[C@H](C(=O)Nc2ccc3c(c2)OCO3)[C@@H]2CC=CCC2)cc1. The quantitative estimate of drug-likeness (QED) is 0.197. The van der Waals surface area contributed by atoms with Crippen LogP contribution in [0.25, 0.3) is 0 Å². The molecule has 0 spiro atoms. The zero-order valence-electron chi connectivity index (χ0n) is 23.5. The van der Waals surface area contributed by atoms with Gasteiger partial charge in [0.2, 0.25) is 18.6 Å². The Balaban J connectivity index is 1.44. The lowest BCUT2D eigenvalue weighted by atomic mass is 9.86. The summed E-state index contributed by atoms with van der Waals surface area (Å²) in [6, 6.07) is 14.1. The summed E-state index contributed by atoms with van der Waals surface area (Å²) in [5, 5.41) is 3.60. The first-order chi connectivity index (χ1) is 19.9. The molecule has 214 valence electrons. The summed E-state index contributed by atoms with van der Waals surface area (Å²) in [5.74, 6) is 1.61. The number of hydrogen-bond donors (Lipinski definition) is 1. The molecule has 1 aromatic heterocycles. The van der Waals surface area contributed by atoms with Crippen molar-refractivity contribution in [2.45, 2.75) is 50.9 Å². The van der Waals surface area contributed by atoms with E-state index in [9.17, 15) is 9.59 Å². The van der Waals surface area contributed by atoms with Gasteiger partial charge in [0.1, 0.15) is 11.8 Å². The maximum absolute atomic E-state index is 14.1. The van der Waals surface area contributed by atoms with E-state index < -0.39 is 6.04 Å². The third-order valence-electron chi connectivity index (χ3n) is 7.12. The van der Waals surface area contributed by atoms with Crippen molar-refractivity contribution in [3.63, 3.8) is 0 Å². The van der Waals surface area contributed by atoms with Gasteiger partial charge in [-0.15, -0.1) is 0 Å². The van der Waals surface area contributed by atoms with Crippen LogP contribution in [-0.2, 0) is 16.1 Å². The van der Waals surface area contributed by atoms with Crippen LogP contribution in [0.2, 0.25) is 0 Å². The van der Waals surface area contributed by atoms with Crippen LogP contribution < -0.4 is 19.5 Å². The summed E-state index contributed by atoms with van der Waals surface area (Å²) >= 11 is 1.29. The number of nitrogens with zero attached hydrogens (tertiary/aromatic N) is 3. The van der Waals surface area contributed by atoms with E-state index in [1.54, 1.807) is 30.2 Å². The van der Waals surface area contributed by atoms with Gasteiger partial charge in [-0.3, -0.25) is 9.59 Å². The van der Waals surface area contributed by atoms with Gasteiger partial charge in [0, 0.05) is 29.7 Å². The highest BCUT2D eigenvalue weighted by molar-refractivity contribution is 7.99. The van der Waals surface area contributed by atoms with E-state index in [2.05, 4.69) is 27.4 Å².